The minimum absolute atomic E-state index is 0.000985. The van der Waals surface area contributed by atoms with E-state index in [1.165, 1.54) is 21.4 Å². The lowest BCUT2D eigenvalue weighted by Crippen LogP contribution is -2.35. The highest BCUT2D eigenvalue weighted by Crippen LogP contribution is 2.20. The van der Waals surface area contributed by atoms with Crippen LogP contribution >= 0.6 is 0 Å². The standard InChI is InChI=1S/C18H24N4O3S/c1-14-7-6-8-16(15(14)2)20-17(23)11-21-12-18(19-13-21)26(24,25)22-9-4-3-5-10-22/h6-8,12-13H,3-5,9-11H2,1-2H3,(H,20,23). The SMILES string of the molecule is Cc1cccc(NC(=O)Cn2cnc(S(=O)(=O)N3CCCCC3)c2)c1C. The average molecular weight is 376 g/mol. The van der Waals surface area contributed by atoms with E-state index in [-0.39, 0.29) is 17.5 Å². The molecule has 1 aromatic heterocycles. The zero-order valence-electron chi connectivity index (χ0n) is 15.1. The quantitative estimate of drug-likeness (QED) is 0.868. The van der Waals surface area contributed by atoms with Crippen LogP contribution in [-0.2, 0) is 21.4 Å². The minimum atomic E-state index is -3.58. The lowest BCUT2D eigenvalue weighted by Gasteiger charge is -2.24. The van der Waals surface area contributed by atoms with Crippen LogP contribution in [0.1, 0.15) is 30.4 Å². The summed E-state index contributed by atoms with van der Waals surface area (Å²) in [6.07, 6.45) is 5.61. The van der Waals surface area contributed by atoms with E-state index in [1.54, 1.807) is 0 Å². The third-order valence-electron chi connectivity index (χ3n) is 4.73. The summed E-state index contributed by atoms with van der Waals surface area (Å²) in [6.45, 7) is 5.00. The number of piperidine rings is 1. The number of amides is 1. The fraction of sp³-hybridized carbons (Fsp3) is 0.444. The van der Waals surface area contributed by atoms with Crippen molar-refractivity contribution in [1.29, 1.82) is 0 Å². The molecule has 7 nitrogen and oxygen atoms in total. The number of nitrogens with zero attached hydrogens (tertiary/aromatic N) is 3. The maximum Gasteiger partial charge on any atom is 0.262 e. The Labute approximate surface area is 154 Å². The van der Waals surface area contributed by atoms with Gasteiger partial charge in [-0.05, 0) is 43.9 Å². The Hall–Kier alpha value is -2.19. The van der Waals surface area contributed by atoms with Crippen molar-refractivity contribution >= 4 is 21.6 Å². The van der Waals surface area contributed by atoms with Crippen LogP contribution in [0.15, 0.2) is 35.7 Å². The minimum Gasteiger partial charge on any atom is -0.327 e. The van der Waals surface area contributed by atoms with Crippen molar-refractivity contribution in [1.82, 2.24) is 13.9 Å². The number of benzene rings is 1. The highest BCUT2D eigenvalue weighted by molar-refractivity contribution is 7.89. The normalized spacial score (nSPS) is 15.8. The van der Waals surface area contributed by atoms with Crippen LogP contribution in [0.2, 0.25) is 0 Å². The fourth-order valence-electron chi connectivity index (χ4n) is 3.04. The molecule has 1 saturated heterocycles. The molecule has 0 saturated carbocycles. The molecule has 1 aromatic carbocycles. The second-order valence-corrected chi connectivity index (χ2v) is 8.53. The number of sulfonamides is 1. The second-order valence-electron chi connectivity index (χ2n) is 6.64. The van der Waals surface area contributed by atoms with Gasteiger partial charge in [-0.3, -0.25) is 4.79 Å². The summed E-state index contributed by atoms with van der Waals surface area (Å²) < 4.78 is 28.2. The molecule has 1 amide bonds. The first-order valence-corrected chi connectivity index (χ1v) is 10.2. The monoisotopic (exact) mass is 376 g/mol. The van der Waals surface area contributed by atoms with E-state index in [4.69, 9.17) is 0 Å². The molecular weight excluding hydrogens is 352 g/mol. The van der Waals surface area contributed by atoms with Crippen LogP contribution in [0, 0.1) is 13.8 Å². The summed E-state index contributed by atoms with van der Waals surface area (Å²) in [5.41, 5.74) is 2.87. The molecule has 8 heteroatoms. The number of nitrogens with one attached hydrogen (secondary N) is 1. The number of anilines is 1. The van der Waals surface area contributed by atoms with Gasteiger partial charge in [0.05, 0.1) is 6.33 Å². The molecule has 0 radical (unpaired) electrons. The number of carbonyl (C=O) groups is 1. The number of aryl methyl sites for hydroxylation is 1. The van der Waals surface area contributed by atoms with E-state index in [0.29, 0.717) is 13.1 Å². The number of rotatable bonds is 5. The van der Waals surface area contributed by atoms with Gasteiger partial charge in [0.1, 0.15) is 6.54 Å². The molecule has 0 unspecified atom stereocenters. The average Bonchev–Trinajstić information content (AvgIpc) is 3.09. The molecule has 1 N–H and O–H groups in total. The summed E-state index contributed by atoms with van der Waals surface area (Å²) in [6, 6.07) is 5.72. The van der Waals surface area contributed by atoms with E-state index in [2.05, 4.69) is 10.3 Å². The molecular formula is C18H24N4O3S. The number of carbonyl (C=O) groups excluding carboxylic acids is 1. The van der Waals surface area contributed by atoms with Crippen molar-refractivity contribution in [3.8, 4) is 0 Å². The molecule has 1 fully saturated rings. The molecule has 2 aromatic rings. The van der Waals surface area contributed by atoms with E-state index in [0.717, 1.165) is 36.1 Å². The number of hydrogen-bond donors (Lipinski definition) is 1. The molecule has 2 heterocycles. The predicted octanol–water partition coefficient (Wildman–Crippen LogP) is 2.31. The Kier molecular flexibility index (Phi) is 5.43. The molecule has 140 valence electrons. The third-order valence-corrected chi connectivity index (χ3v) is 6.52. The predicted molar refractivity (Wildman–Crippen MR) is 99.4 cm³/mol. The lowest BCUT2D eigenvalue weighted by atomic mass is 10.1. The van der Waals surface area contributed by atoms with Gasteiger partial charge in [-0.2, -0.15) is 4.31 Å². The molecule has 3 rings (SSSR count). The summed E-state index contributed by atoms with van der Waals surface area (Å²) in [7, 11) is -3.58. The lowest BCUT2D eigenvalue weighted by molar-refractivity contribution is -0.116. The van der Waals surface area contributed by atoms with Crippen molar-refractivity contribution in [3.05, 3.63) is 41.9 Å². The van der Waals surface area contributed by atoms with E-state index >= 15 is 0 Å². The molecule has 26 heavy (non-hydrogen) atoms. The van der Waals surface area contributed by atoms with Crippen molar-refractivity contribution in [2.24, 2.45) is 0 Å². The highest BCUT2D eigenvalue weighted by Gasteiger charge is 2.28. The number of hydrogen-bond acceptors (Lipinski definition) is 4. The van der Waals surface area contributed by atoms with Crippen LogP contribution in [0.5, 0.6) is 0 Å². The van der Waals surface area contributed by atoms with Crippen LogP contribution < -0.4 is 5.32 Å². The first-order valence-electron chi connectivity index (χ1n) is 8.76. The summed E-state index contributed by atoms with van der Waals surface area (Å²) in [5.74, 6) is -0.224. The third kappa shape index (κ3) is 3.96. The summed E-state index contributed by atoms with van der Waals surface area (Å²) in [5, 5.41) is 2.86. The van der Waals surface area contributed by atoms with Crippen molar-refractivity contribution in [2.45, 2.75) is 44.7 Å². The molecule has 0 spiro atoms. The Morgan fingerprint density at radius 1 is 1.19 bits per heavy atom. The molecule has 1 aliphatic rings. The van der Waals surface area contributed by atoms with Gasteiger partial charge >= 0.3 is 0 Å². The summed E-state index contributed by atoms with van der Waals surface area (Å²) in [4.78, 5) is 16.3. The van der Waals surface area contributed by atoms with E-state index < -0.39 is 10.0 Å². The van der Waals surface area contributed by atoms with Crippen molar-refractivity contribution in [3.63, 3.8) is 0 Å². The van der Waals surface area contributed by atoms with Gasteiger partial charge in [0.25, 0.3) is 10.0 Å². The zero-order chi connectivity index (χ0) is 18.7. The van der Waals surface area contributed by atoms with Crippen molar-refractivity contribution < 1.29 is 13.2 Å². The zero-order valence-corrected chi connectivity index (χ0v) is 15.9. The fourth-order valence-corrected chi connectivity index (χ4v) is 4.49. The van der Waals surface area contributed by atoms with Gasteiger partial charge in [0.2, 0.25) is 5.91 Å². The Bertz CT molecular complexity index is 899. The number of imidazole rings is 1. The molecule has 1 aliphatic heterocycles. The highest BCUT2D eigenvalue weighted by atomic mass is 32.2. The maximum atomic E-state index is 12.6. The first kappa shape index (κ1) is 18.6. The van der Waals surface area contributed by atoms with Crippen LogP contribution in [0.3, 0.4) is 0 Å². The van der Waals surface area contributed by atoms with Crippen molar-refractivity contribution in [2.75, 3.05) is 18.4 Å². The van der Waals surface area contributed by atoms with Gasteiger partial charge in [0, 0.05) is 25.0 Å². The van der Waals surface area contributed by atoms with Crippen LogP contribution in [0.4, 0.5) is 5.69 Å². The largest absolute Gasteiger partial charge is 0.327 e. The van der Waals surface area contributed by atoms with Crippen LogP contribution in [0.25, 0.3) is 0 Å². The first-order chi connectivity index (χ1) is 12.4. The molecule has 0 atom stereocenters. The number of aromatic nitrogens is 2. The second kappa shape index (κ2) is 7.59. The van der Waals surface area contributed by atoms with Gasteiger partial charge in [0.15, 0.2) is 5.03 Å². The molecule has 0 bridgehead atoms. The smallest absolute Gasteiger partial charge is 0.262 e. The maximum absolute atomic E-state index is 12.6. The van der Waals surface area contributed by atoms with E-state index in [9.17, 15) is 13.2 Å². The van der Waals surface area contributed by atoms with Gasteiger partial charge in [-0.1, -0.05) is 18.6 Å². The van der Waals surface area contributed by atoms with E-state index in [1.807, 2.05) is 32.0 Å². The summed E-state index contributed by atoms with van der Waals surface area (Å²) >= 11 is 0. The van der Waals surface area contributed by atoms with Gasteiger partial charge in [-0.15, -0.1) is 0 Å². The molecule has 0 aliphatic carbocycles. The Morgan fingerprint density at radius 3 is 2.65 bits per heavy atom. The van der Waals surface area contributed by atoms with Gasteiger partial charge < -0.3 is 9.88 Å². The van der Waals surface area contributed by atoms with Crippen LogP contribution in [-0.4, -0.2) is 41.3 Å². The Morgan fingerprint density at radius 2 is 1.92 bits per heavy atom. The topological polar surface area (TPSA) is 84.3 Å². The Balaban J connectivity index is 1.68. The van der Waals surface area contributed by atoms with Gasteiger partial charge in [-0.25, -0.2) is 13.4 Å².